The van der Waals surface area contributed by atoms with Gasteiger partial charge in [0.05, 0.1) is 18.3 Å². The second-order valence-corrected chi connectivity index (χ2v) is 4.66. The summed E-state index contributed by atoms with van der Waals surface area (Å²) in [6, 6.07) is 15.9. The van der Waals surface area contributed by atoms with E-state index < -0.39 is 12.2 Å². The first-order chi connectivity index (χ1) is 9.13. The Morgan fingerprint density at radius 1 is 1.11 bits per heavy atom. The Morgan fingerprint density at radius 2 is 1.79 bits per heavy atom. The summed E-state index contributed by atoms with van der Waals surface area (Å²) < 4.78 is 5.64. The van der Waals surface area contributed by atoms with Crippen LogP contribution in [0.15, 0.2) is 42.5 Å². The molecule has 0 radical (unpaired) electrons. The first kappa shape index (κ1) is 13.5. The average molecular weight is 255 g/mol. The minimum absolute atomic E-state index is 0.386. The summed E-state index contributed by atoms with van der Waals surface area (Å²) in [5.74, 6) is 0. The van der Waals surface area contributed by atoms with Gasteiger partial charge in [-0.1, -0.05) is 42.5 Å². The molecule has 3 unspecified atom stereocenters. The number of benzene rings is 2. The third kappa shape index (κ3) is 2.93. The Morgan fingerprint density at radius 3 is 2.47 bits per heavy atom. The van der Waals surface area contributed by atoms with Crippen molar-refractivity contribution >= 4 is 10.8 Å². The Balaban J connectivity index is 2.39. The monoisotopic (exact) mass is 255 g/mol. The second kappa shape index (κ2) is 5.83. The van der Waals surface area contributed by atoms with E-state index in [-0.39, 0.29) is 6.10 Å². The molecule has 3 heteroatoms. The molecule has 0 saturated heterocycles. The van der Waals surface area contributed by atoms with Gasteiger partial charge in [-0.15, -0.1) is 0 Å². The minimum atomic E-state index is -0.671. The van der Waals surface area contributed by atoms with E-state index in [2.05, 4.69) is 6.07 Å². The summed E-state index contributed by atoms with van der Waals surface area (Å²) in [5.41, 5.74) is 0.841. The van der Waals surface area contributed by atoms with Crippen molar-refractivity contribution in [2.45, 2.75) is 32.2 Å². The highest BCUT2D eigenvalue weighted by Gasteiger charge is 2.19. The standard InChI is InChI=1S/C16H17NO2/c1-11(18)12(2)19-16(10-17)15-9-5-7-13-6-3-4-8-14(13)15/h3-9,11-12,16,18H,1-2H3. The molecule has 0 bridgehead atoms. The van der Waals surface area contributed by atoms with Crippen molar-refractivity contribution in [3.8, 4) is 6.07 Å². The van der Waals surface area contributed by atoms with Crippen molar-refractivity contribution < 1.29 is 9.84 Å². The fourth-order valence-electron chi connectivity index (χ4n) is 1.98. The van der Waals surface area contributed by atoms with E-state index >= 15 is 0 Å². The maximum Gasteiger partial charge on any atom is 0.170 e. The summed E-state index contributed by atoms with van der Waals surface area (Å²) in [4.78, 5) is 0. The molecule has 0 aliphatic rings. The molecule has 2 rings (SSSR count). The normalized spacial score (nSPS) is 15.7. The van der Waals surface area contributed by atoms with Gasteiger partial charge in [-0.3, -0.25) is 0 Å². The third-order valence-electron chi connectivity index (χ3n) is 3.25. The molecule has 3 atom stereocenters. The molecular weight excluding hydrogens is 238 g/mol. The van der Waals surface area contributed by atoms with Crippen LogP contribution < -0.4 is 0 Å². The van der Waals surface area contributed by atoms with Crippen LogP contribution in [-0.2, 0) is 4.74 Å². The molecule has 0 aromatic heterocycles. The maximum absolute atomic E-state index is 9.49. The van der Waals surface area contributed by atoms with E-state index in [1.54, 1.807) is 13.8 Å². The second-order valence-electron chi connectivity index (χ2n) is 4.66. The number of aliphatic hydroxyl groups excluding tert-OH is 1. The van der Waals surface area contributed by atoms with Gasteiger partial charge in [-0.05, 0) is 24.6 Å². The predicted octanol–water partition coefficient (Wildman–Crippen LogP) is 3.19. The number of rotatable bonds is 4. The van der Waals surface area contributed by atoms with Gasteiger partial charge in [-0.2, -0.15) is 5.26 Å². The van der Waals surface area contributed by atoms with Crippen LogP contribution in [0.1, 0.15) is 25.5 Å². The zero-order chi connectivity index (χ0) is 13.8. The number of hydrogen-bond donors (Lipinski definition) is 1. The van der Waals surface area contributed by atoms with Crippen LogP contribution in [0.3, 0.4) is 0 Å². The van der Waals surface area contributed by atoms with Crippen molar-refractivity contribution in [1.29, 1.82) is 5.26 Å². The van der Waals surface area contributed by atoms with Gasteiger partial charge in [0.2, 0.25) is 0 Å². The number of hydrogen-bond acceptors (Lipinski definition) is 3. The van der Waals surface area contributed by atoms with Gasteiger partial charge in [-0.25, -0.2) is 0 Å². The topological polar surface area (TPSA) is 53.2 Å². The quantitative estimate of drug-likeness (QED) is 0.912. The summed E-state index contributed by atoms with van der Waals surface area (Å²) in [6.45, 7) is 3.42. The van der Waals surface area contributed by atoms with E-state index in [9.17, 15) is 10.4 Å². The Labute approximate surface area is 113 Å². The van der Waals surface area contributed by atoms with E-state index in [0.29, 0.717) is 0 Å². The van der Waals surface area contributed by atoms with E-state index in [4.69, 9.17) is 4.74 Å². The molecule has 0 aliphatic heterocycles. The Kier molecular flexibility index (Phi) is 4.16. The van der Waals surface area contributed by atoms with Crippen molar-refractivity contribution in [2.24, 2.45) is 0 Å². The van der Waals surface area contributed by atoms with Crippen molar-refractivity contribution in [3.05, 3.63) is 48.0 Å². The number of fused-ring (bicyclic) bond motifs is 1. The molecule has 0 heterocycles. The lowest BCUT2D eigenvalue weighted by atomic mass is 10.0. The van der Waals surface area contributed by atoms with Crippen LogP contribution in [0, 0.1) is 11.3 Å². The minimum Gasteiger partial charge on any atom is -0.391 e. The molecule has 1 N–H and O–H groups in total. The van der Waals surface area contributed by atoms with Gasteiger partial charge in [0.25, 0.3) is 0 Å². The maximum atomic E-state index is 9.49. The number of ether oxygens (including phenoxy) is 1. The largest absolute Gasteiger partial charge is 0.391 e. The van der Waals surface area contributed by atoms with Gasteiger partial charge in [0.15, 0.2) is 6.10 Å². The molecule has 0 aliphatic carbocycles. The van der Waals surface area contributed by atoms with Crippen LogP contribution in [0.25, 0.3) is 10.8 Å². The van der Waals surface area contributed by atoms with Crippen LogP contribution >= 0.6 is 0 Å². The zero-order valence-corrected chi connectivity index (χ0v) is 11.1. The lowest BCUT2D eigenvalue weighted by Crippen LogP contribution is -2.24. The zero-order valence-electron chi connectivity index (χ0n) is 11.1. The predicted molar refractivity (Wildman–Crippen MR) is 74.5 cm³/mol. The molecule has 2 aromatic carbocycles. The number of nitrogens with zero attached hydrogens (tertiary/aromatic N) is 1. The first-order valence-electron chi connectivity index (χ1n) is 6.34. The lowest BCUT2D eigenvalue weighted by Gasteiger charge is -2.20. The summed E-state index contributed by atoms with van der Waals surface area (Å²) >= 11 is 0. The Hall–Kier alpha value is -1.89. The van der Waals surface area contributed by atoms with Crippen LogP contribution in [0.5, 0.6) is 0 Å². The first-order valence-corrected chi connectivity index (χ1v) is 6.34. The highest BCUT2D eigenvalue weighted by atomic mass is 16.5. The van der Waals surface area contributed by atoms with Gasteiger partial charge in [0.1, 0.15) is 0 Å². The number of aliphatic hydroxyl groups is 1. The van der Waals surface area contributed by atoms with Crippen molar-refractivity contribution in [1.82, 2.24) is 0 Å². The molecule has 0 saturated carbocycles. The fraction of sp³-hybridized carbons (Fsp3) is 0.312. The summed E-state index contributed by atoms with van der Waals surface area (Å²) in [7, 11) is 0. The summed E-state index contributed by atoms with van der Waals surface area (Å²) in [6.07, 6.45) is -1.66. The van der Waals surface area contributed by atoms with Crippen molar-refractivity contribution in [2.75, 3.05) is 0 Å². The highest BCUT2D eigenvalue weighted by Crippen LogP contribution is 2.27. The molecule has 0 fully saturated rings. The van der Waals surface area contributed by atoms with Crippen LogP contribution in [-0.4, -0.2) is 17.3 Å². The van der Waals surface area contributed by atoms with Crippen LogP contribution in [0.4, 0.5) is 0 Å². The molecule has 0 spiro atoms. The molecule has 3 nitrogen and oxygen atoms in total. The van der Waals surface area contributed by atoms with Crippen LogP contribution in [0.2, 0.25) is 0 Å². The molecule has 0 amide bonds. The van der Waals surface area contributed by atoms with Gasteiger partial charge in [0, 0.05) is 5.56 Å². The smallest absolute Gasteiger partial charge is 0.170 e. The Bertz CT molecular complexity index is 596. The van der Waals surface area contributed by atoms with Gasteiger partial charge >= 0.3 is 0 Å². The van der Waals surface area contributed by atoms with E-state index in [1.165, 1.54) is 0 Å². The highest BCUT2D eigenvalue weighted by molar-refractivity contribution is 5.86. The molecule has 98 valence electrons. The molecular formula is C16H17NO2. The van der Waals surface area contributed by atoms with E-state index in [0.717, 1.165) is 16.3 Å². The SMILES string of the molecule is CC(O)C(C)OC(C#N)c1cccc2ccccc12. The lowest BCUT2D eigenvalue weighted by molar-refractivity contribution is -0.0421. The van der Waals surface area contributed by atoms with Crippen molar-refractivity contribution in [3.63, 3.8) is 0 Å². The number of nitriles is 1. The molecule has 2 aromatic rings. The fourth-order valence-corrected chi connectivity index (χ4v) is 1.98. The van der Waals surface area contributed by atoms with E-state index in [1.807, 2.05) is 42.5 Å². The average Bonchev–Trinajstić information content (AvgIpc) is 2.44. The molecule has 19 heavy (non-hydrogen) atoms. The summed E-state index contributed by atoms with van der Waals surface area (Å²) in [5, 5.41) is 20.9. The van der Waals surface area contributed by atoms with Gasteiger partial charge < -0.3 is 9.84 Å². The third-order valence-corrected chi connectivity index (χ3v) is 3.25.